The van der Waals surface area contributed by atoms with Gasteiger partial charge in [0, 0.05) is 16.8 Å². The first-order chi connectivity index (χ1) is 14.2. The van der Waals surface area contributed by atoms with Crippen molar-refractivity contribution >= 4 is 23.2 Å². The molecule has 2 amide bonds. The van der Waals surface area contributed by atoms with Crippen LogP contribution in [0.25, 0.3) is 0 Å². The molecule has 0 aliphatic heterocycles. The van der Waals surface area contributed by atoms with Crippen LogP contribution in [0.1, 0.15) is 46.0 Å². The highest BCUT2D eigenvalue weighted by atomic mass is 16.2. The zero-order valence-corrected chi connectivity index (χ0v) is 16.3. The molecule has 3 aromatic rings. The van der Waals surface area contributed by atoms with E-state index >= 15 is 0 Å². The van der Waals surface area contributed by atoms with Crippen molar-refractivity contribution in [1.29, 1.82) is 0 Å². The quantitative estimate of drug-likeness (QED) is 0.450. The number of anilines is 1. The topological polar surface area (TPSA) is 70.6 Å². The number of hydrazone groups is 1. The van der Waals surface area contributed by atoms with Crippen LogP contribution in [0.15, 0.2) is 90.0 Å². The second kappa shape index (κ2) is 9.99. The largest absolute Gasteiger partial charge is 0.322 e. The van der Waals surface area contributed by atoms with E-state index in [4.69, 9.17) is 0 Å². The van der Waals surface area contributed by atoms with E-state index in [9.17, 15) is 9.59 Å². The maximum atomic E-state index is 12.4. The Morgan fingerprint density at radius 1 is 0.724 bits per heavy atom. The van der Waals surface area contributed by atoms with Gasteiger partial charge in [0.1, 0.15) is 0 Å². The highest BCUT2D eigenvalue weighted by molar-refractivity contribution is 6.05. The van der Waals surface area contributed by atoms with Crippen LogP contribution in [0.4, 0.5) is 5.69 Å². The number of amides is 2. The normalized spacial score (nSPS) is 11.0. The van der Waals surface area contributed by atoms with Gasteiger partial charge in [0.05, 0.1) is 5.71 Å². The Morgan fingerprint density at radius 2 is 1.28 bits per heavy atom. The molecule has 0 atom stereocenters. The van der Waals surface area contributed by atoms with Crippen molar-refractivity contribution in [2.24, 2.45) is 5.10 Å². The third-order valence-electron chi connectivity index (χ3n) is 4.33. The maximum absolute atomic E-state index is 12.4. The summed E-state index contributed by atoms with van der Waals surface area (Å²) in [6.07, 6.45) is 1.70. The highest BCUT2D eigenvalue weighted by Crippen LogP contribution is 2.12. The van der Waals surface area contributed by atoms with Gasteiger partial charge in [-0.2, -0.15) is 5.10 Å². The van der Waals surface area contributed by atoms with Crippen LogP contribution in [0.2, 0.25) is 0 Å². The average Bonchev–Trinajstić information content (AvgIpc) is 2.78. The minimum atomic E-state index is -0.296. The first-order valence-corrected chi connectivity index (χ1v) is 9.56. The Hall–Kier alpha value is -3.73. The maximum Gasteiger partial charge on any atom is 0.271 e. The van der Waals surface area contributed by atoms with Gasteiger partial charge >= 0.3 is 0 Å². The zero-order valence-electron chi connectivity index (χ0n) is 16.3. The fraction of sp³-hybridized carbons (Fsp3) is 0.125. The smallest absolute Gasteiger partial charge is 0.271 e. The number of rotatable bonds is 7. The SMILES string of the molecule is CCC/C(=N/NC(=O)c1ccc(NC(=O)c2ccccc2)cc1)c1ccccc1. The van der Waals surface area contributed by atoms with E-state index in [1.165, 1.54) is 0 Å². The molecule has 0 aliphatic carbocycles. The van der Waals surface area contributed by atoms with Crippen LogP contribution in [0, 0.1) is 0 Å². The highest BCUT2D eigenvalue weighted by Gasteiger charge is 2.09. The van der Waals surface area contributed by atoms with E-state index in [0.717, 1.165) is 24.1 Å². The lowest BCUT2D eigenvalue weighted by molar-refractivity contribution is 0.0954. The van der Waals surface area contributed by atoms with E-state index in [1.54, 1.807) is 36.4 Å². The summed E-state index contributed by atoms with van der Waals surface area (Å²) in [7, 11) is 0. The summed E-state index contributed by atoms with van der Waals surface area (Å²) in [5, 5.41) is 7.13. The van der Waals surface area contributed by atoms with Gasteiger partial charge in [-0.3, -0.25) is 9.59 Å². The van der Waals surface area contributed by atoms with Crippen molar-refractivity contribution in [1.82, 2.24) is 5.43 Å². The van der Waals surface area contributed by atoms with Gasteiger partial charge in [-0.1, -0.05) is 61.9 Å². The van der Waals surface area contributed by atoms with Crippen LogP contribution >= 0.6 is 0 Å². The average molecular weight is 385 g/mol. The van der Waals surface area contributed by atoms with Crippen molar-refractivity contribution in [3.63, 3.8) is 0 Å². The summed E-state index contributed by atoms with van der Waals surface area (Å²) in [4.78, 5) is 24.6. The Balaban J connectivity index is 1.64. The molecule has 5 nitrogen and oxygen atoms in total. The van der Waals surface area contributed by atoms with Crippen molar-refractivity contribution < 1.29 is 9.59 Å². The van der Waals surface area contributed by atoms with Crippen LogP contribution in [0.3, 0.4) is 0 Å². The lowest BCUT2D eigenvalue weighted by Crippen LogP contribution is -2.20. The first-order valence-electron chi connectivity index (χ1n) is 9.56. The van der Waals surface area contributed by atoms with Gasteiger partial charge < -0.3 is 5.32 Å². The Kier molecular flexibility index (Phi) is 6.90. The van der Waals surface area contributed by atoms with Crippen molar-refractivity contribution in [3.05, 3.63) is 102 Å². The van der Waals surface area contributed by atoms with Crippen LogP contribution in [-0.2, 0) is 0 Å². The van der Waals surface area contributed by atoms with E-state index in [0.29, 0.717) is 16.8 Å². The molecule has 2 N–H and O–H groups in total. The molecule has 3 aromatic carbocycles. The molecule has 146 valence electrons. The van der Waals surface area contributed by atoms with E-state index in [1.807, 2.05) is 48.5 Å². The third kappa shape index (κ3) is 5.62. The second-order valence-electron chi connectivity index (χ2n) is 6.51. The minimum absolute atomic E-state index is 0.195. The van der Waals surface area contributed by atoms with Crippen molar-refractivity contribution in [2.75, 3.05) is 5.32 Å². The summed E-state index contributed by atoms with van der Waals surface area (Å²) in [6, 6.07) is 25.5. The number of carbonyl (C=O) groups excluding carboxylic acids is 2. The standard InChI is InChI=1S/C24H23N3O2/c1-2-9-22(18-10-5-3-6-11-18)26-27-24(29)20-14-16-21(17-15-20)25-23(28)19-12-7-4-8-13-19/h3-8,10-17H,2,9H2,1H3,(H,25,28)(H,27,29)/b26-22-. The Bertz CT molecular complexity index is 982. The summed E-state index contributed by atoms with van der Waals surface area (Å²) in [6.45, 7) is 2.07. The molecule has 0 aliphatic rings. The number of nitrogens with zero attached hydrogens (tertiary/aromatic N) is 1. The van der Waals surface area contributed by atoms with E-state index < -0.39 is 0 Å². The van der Waals surface area contributed by atoms with E-state index in [2.05, 4.69) is 22.8 Å². The lowest BCUT2D eigenvalue weighted by atomic mass is 10.1. The van der Waals surface area contributed by atoms with Crippen molar-refractivity contribution in [3.8, 4) is 0 Å². The molecule has 5 heteroatoms. The second-order valence-corrected chi connectivity index (χ2v) is 6.51. The Morgan fingerprint density at radius 3 is 1.86 bits per heavy atom. The van der Waals surface area contributed by atoms with Gasteiger partial charge in [-0.15, -0.1) is 0 Å². The number of nitrogens with one attached hydrogen (secondary N) is 2. The molecule has 3 rings (SSSR count). The fourth-order valence-electron chi connectivity index (χ4n) is 2.81. The molecular weight excluding hydrogens is 362 g/mol. The first kappa shape index (κ1) is 20.0. The van der Waals surface area contributed by atoms with Crippen molar-refractivity contribution in [2.45, 2.75) is 19.8 Å². The molecule has 0 fully saturated rings. The van der Waals surface area contributed by atoms with E-state index in [-0.39, 0.29) is 11.8 Å². The number of carbonyl (C=O) groups is 2. The molecule has 0 unspecified atom stereocenters. The molecule has 0 saturated heterocycles. The molecule has 29 heavy (non-hydrogen) atoms. The lowest BCUT2D eigenvalue weighted by Gasteiger charge is -2.08. The third-order valence-corrected chi connectivity index (χ3v) is 4.33. The monoisotopic (exact) mass is 385 g/mol. The summed E-state index contributed by atoms with van der Waals surface area (Å²) in [5.41, 5.74) is 6.13. The van der Waals surface area contributed by atoms with Gasteiger partial charge in [0.15, 0.2) is 0 Å². The summed E-state index contributed by atoms with van der Waals surface area (Å²) < 4.78 is 0. The number of hydrogen-bond acceptors (Lipinski definition) is 3. The number of hydrogen-bond donors (Lipinski definition) is 2. The summed E-state index contributed by atoms with van der Waals surface area (Å²) in [5.74, 6) is -0.491. The molecule has 0 radical (unpaired) electrons. The van der Waals surface area contributed by atoms with Gasteiger partial charge in [0.25, 0.3) is 11.8 Å². The van der Waals surface area contributed by atoms with Gasteiger partial charge in [-0.05, 0) is 48.4 Å². The van der Waals surface area contributed by atoms with Crippen LogP contribution < -0.4 is 10.7 Å². The number of benzene rings is 3. The molecule has 0 heterocycles. The van der Waals surface area contributed by atoms with Gasteiger partial charge in [0.2, 0.25) is 0 Å². The predicted octanol–water partition coefficient (Wildman–Crippen LogP) is 4.87. The Labute approximate surface area is 170 Å². The molecular formula is C24H23N3O2. The molecule has 0 spiro atoms. The minimum Gasteiger partial charge on any atom is -0.322 e. The van der Waals surface area contributed by atoms with Gasteiger partial charge in [-0.25, -0.2) is 5.43 Å². The molecule has 0 bridgehead atoms. The molecule has 0 saturated carbocycles. The van der Waals surface area contributed by atoms with Crippen LogP contribution in [-0.4, -0.2) is 17.5 Å². The zero-order chi connectivity index (χ0) is 20.5. The molecule has 0 aromatic heterocycles. The summed E-state index contributed by atoms with van der Waals surface area (Å²) >= 11 is 0. The van der Waals surface area contributed by atoms with Crippen LogP contribution in [0.5, 0.6) is 0 Å². The predicted molar refractivity (Wildman–Crippen MR) is 116 cm³/mol. The fourth-order valence-corrected chi connectivity index (χ4v) is 2.81.